The molecule has 2 rings (SSSR count). The predicted octanol–water partition coefficient (Wildman–Crippen LogP) is 2.87. The number of hydrogen-bond donors (Lipinski definition) is 2. The highest BCUT2D eigenvalue weighted by atomic mass is 16.5. The third-order valence-electron chi connectivity index (χ3n) is 3.39. The molecule has 6 nitrogen and oxygen atoms in total. The van der Waals surface area contributed by atoms with Gasteiger partial charge in [-0.05, 0) is 30.7 Å². The van der Waals surface area contributed by atoms with E-state index < -0.39 is 5.91 Å². The lowest BCUT2D eigenvalue weighted by Crippen LogP contribution is -2.26. The summed E-state index contributed by atoms with van der Waals surface area (Å²) in [4.78, 5) is 28.5. The van der Waals surface area contributed by atoms with Gasteiger partial charge in [0.1, 0.15) is 17.1 Å². The quantitative estimate of drug-likeness (QED) is 0.766. The maximum atomic E-state index is 12.4. The predicted molar refractivity (Wildman–Crippen MR) is 92.4 cm³/mol. The number of ether oxygens (including phenoxy) is 1. The number of para-hydroxylation sites is 2. The van der Waals surface area contributed by atoms with Gasteiger partial charge in [-0.1, -0.05) is 31.5 Å². The Kier molecular flexibility index (Phi) is 6.31. The van der Waals surface area contributed by atoms with Gasteiger partial charge in [-0.15, -0.1) is 0 Å². The average Bonchev–Trinajstić information content (AvgIpc) is 2.62. The molecule has 0 atom stereocenters. The lowest BCUT2D eigenvalue weighted by atomic mass is 10.2. The van der Waals surface area contributed by atoms with Crippen LogP contribution in [0.3, 0.4) is 0 Å². The van der Waals surface area contributed by atoms with Gasteiger partial charge in [0.25, 0.3) is 11.8 Å². The molecule has 2 amide bonds. The Morgan fingerprint density at radius 2 is 1.75 bits per heavy atom. The molecule has 0 unspecified atom stereocenters. The van der Waals surface area contributed by atoms with Crippen molar-refractivity contribution in [1.82, 2.24) is 10.3 Å². The normalized spacial score (nSPS) is 10.1. The van der Waals surface area contributed by atoms with Gasteiger partial charge >= 0.3 is 0 Å². The second-order valence-electron chi connectivity index (χ2n) is 5.17. The van der Waals surface area contributed by atoms with Crippen LogP contribution in [-0.2, 0) is 0 Å². The molecule has 0 aliphatic heterocycles. The summed E-state index contributed by atoms with van der Waals surface area (Å²) in [6.07, 6.45) is 1.90. The van der Waals surface area contributed by atoms with Crippen LogP contribution in [0, 0.1) is 0 Å². The summed E-state index contributed by atoms with van der Waals surface area (Å²) in [6, 6.07) is 11.9. The number of carbonyl (C=O) groups is 2. The molecule has 24 heavy (non-hydrogen) atoms. The first kappa shape index (κ1) is 17.5. The van der Waals surface area contributed by atoms with E-state index in [2.05, 4.69) is 15.6 Å². The lowest BCUT2D eigenvalue weighted by molar-refractivity contribution is 0.0948. The van der Waals surface area contributed by atoms with Crippen LogP contribution in [0.2, 0.25) is 0 Å². The third-order valence-corrected chi connectivity index (χ3v) is 3.39. The number of benzene rings is 1. The fourth-order valence-corrected chi connectivity index (χ4v) is 2.09. The fourth-order valence-electron chi connectivity index (χ4n) is 2.09. The number of anilines is 1. The van der Waals surface area contributed by atoms with Crippen LogP contribution >= 0.6 is 0 Å². The zero-order chi connectivity index (χ0) is 17.4. The molecule has 1 heterocycles. The van der Waals surface area contributed by atoms with Gasteiger partial charge in [0.15, 0.2) is 0 Å². The van der Waals surface area contributed by atoms with E-state index in [0.29, 0.717) is 18.0 Å². The second-order valence-corrected chi connectivity index (χ2v) is 5.17. The Morgan fingerprint density at radius 3 is 2.46 bits per heavy atom. The SMILES string of the molecule is CCCCNC(=O)c1cccc(C(=O)Nc2ccccc2OC)n1. The average molecular weight is 327 g/mol. The summed E-state index contributed by atoms with van der Waals surface area (Å²) in [5.41, 5.74) is 0.937. The number of nitrogens with one attached hydrogen (secondary N) is 2. The van der Waals surface area contributed by atoms with Crippen molar-refractivity contribution >= 4 is 17.5 Å². The lowest BCUT2D eigenvalue weighted by Gasteiger charge is -2.10. The van der Waals surface area contributed by atoms with E-state index >= 15 is 0 Å². The maximum absolute atomic E-state index is 12.4. The highest BCUT2D eigenvalue weighted by molar-refractivity contribution is 6.04. The van der Waals surface area contributed by atoms with E-state index in [1.54, 1.807) is 36.4 Å². The van der Waals surface area contributed by atoms with Crippen molar-refractivity contribution in [3.05, 3.63) is 53.9 Å². The molecule has 1 aromatic heterocycles. The van der Waals surface area contributed by atoms with E-state index in [9.17, 15) is 9.59 Å². The standard InChI is InChI=1S/C18H21N3O3/c1-3-4-12-19-17(22)14-9-7-10-15(20-14)18(23)21-13-8-5-6-11-16(13)24-2/h5-11H,3-4,12H2,1-2H3,(H,19,22)(H,21,23). The van der Waals surface area contributed by atoms with E-state index in [-0.39, 0.29) is 17.3 Å². The fraction of sp³-hybridized carbons (Fsp3) is 0.278. The van der Waals surface area contributed by atoms with Crippen molar-refractivity contribution in [2.45, 2.75) is 19.8 Å². The number of unbranched alkanes of at least 4 members (excludes halogenated alkanes) is 1. The molecule has 0 aliphatic carbocycles. The van der Waals surface area contributed by atoms with Crippen LogP contribution in [0.5, 0.6) is 5.75 Å². The Morgan fingerprint density at radius 1 is 1.04 bits per heavy atom. The van der Waals surface area contributed by atoms with Gasteiger partial charge in [0.05, 0.1) is 12.8 Å². The van der Waals surface area contributed by atoms with Gasteiger partial charge in [0, 0.05) is 6.54 Å². The van der Waals surface area contributed by atoms with Crippen LogP contribution in [0.1, 0.15) is 40.7 Å². The van der Waals surface area contributed by atoms with Crippen molar-refractivity contribution in [3.8, 4) is 5.75 Å². The van der Waals surface area contributed by atoms with Crippen LogP contribution in [-0.4, -0.2) is 30.5 Å². The van der Waals surface area contributed by atoms with Crippen molar-refractivity contribution < 1.29 is 14.3 Å². The number of pyridine rings is 1. The molecule has 6 heteroatoms. The van der Waals surface area contributed by atoms with Crippen LogP contribution < -0.4 is 15.4 Å². The van der Waals surface area contributed by atoms with Gasteiger partial charge < -0.3 is 15.4 Å². The largest absolute Gasteiger partial charge is 0.495 e. The minimum absolute atomic E-state index is 0.170. The molecule has 0 bridgehead atoms. The van der Waals surface area contributed by atoms with Crippen molar-refractivity contribution in [3.63, 3.8) is 0 Å². The third kappa shape index (κ3) is 4.55. The molecule has 0 spiro atoms. The topological polar surface area (TPSA) is 80.3 Å². The molecule has 0 fully saturated rings. The Balaban J connectivity index is 2.10. The van der Waals surface area contributed by atoms with Gasteiger partial charge in [0.2, 0.25) is 0 Å². The van der Waals surface area contributed by atoms with Crippen molar-refractivity contribution in [2.75, 3.05) is 19.0 Å². The van der Waals surface area contributed by atoms with E-state index in [1.807, 2.05) is 13.0 Å². The molecule has 0 saturated heterocycles. The van der Waals surface area contributed by atoms with E-state index in [0.717, 1.165) is 12.8 Å². The summed E-state index contributed by atoms with van der Waals surface area (Å²) in [7, 11) is 1.53. The number of rotatable bonds is 7. The monoisotopic (exact) mass is 327 g/mol. The molecule has 126 valence electrons. The van der Waals surface area contributed by atoms with Crippen LogP contribution in [0.15, 0.2) is 42.5 Å². The van der Waals surface area contributed by atoms with Gasteiger partial charge in [-0.3, -0.25) is 9.59 Å². The summed E-state index contributed by atoms with van der Waals surface area (Å²) in [5.74, 6) is -0.127. The first-order valence-electron chi connectivity index (χ1n) is 7.85. The van der Waals surface area contributed by atoms with E-state index in [1.165, 1.54) is 7.11 Å². The minimum Gasteiger partial charge on any atom is -0.495 e. The Labute approximate surface area is 141 Å². The second kappa shape index (κ2) is 8.67. The number of aromatic nitrogens is 1. The highest BCUT2D eigenvalue weighted by Gasteiger charge is 2.13. The summed E-state index contributed by atoms with van der Waals surface area (Å²) in [6.45, 7) is 2.64. The first-order chi connectivity index (χ1) is 11.7. The maximum Gasteiger partial charge on any atom is 0.274 e. The van der Waals surface area contributed by atoms with Crippen LogP contribution in [0.25, 0.3) is 0 Å². The smallest absolute Gasteiger partial charge is 0.274 e. The molecule has 0 saturated carbocycles. The number of amides is 2. The zero-order valence-electron chi connectivity index (χ0n) is 13.8. The molecule has 0 aliphatic rings. The molecule has 2 aromatic rings. The van der Waals surface area contributed by atoms with E-state index in [4.69, 9.17) is 4.74 Å². The first-order valence-corrected chi connectivity index (χ1v) is 7.85. The van der Waals surface area contributed by atoms with Crippen molar-refractivity contribution in [2.24, 2.45) is 0 Å². The molecule has 2 N–H and O–H groups in total. The minimum atomic E-state index is -0.400. The van der Waals surface area contributed by atoms with Gasteiger partial charge in [-0.25, -0.2) is 4.98 Å². The Bertz CT molecular complexity index is 716. The summed E-state index contributed by atoms with van der Waals surface area (Å²) >= 11 is 0. The number of carbonyl (C=O) groups excluding carboxylic acids is 2. The molecule has 1 aromatic carbocycles. The molecular formula is C18H21N3O3. The number of nitrogens with zero attached hydrogens (tertiary/aromatic N) is 1. The highest BCUT2D eigenvalue weighted by Crippen LogP contribution is 2.23. The number of hydrogen-bond acceptors (Lipinski definition) is 4. The van der Waals surface area contributed by atoms with Crippen LogP contribution in [0.4, 0.5) is 5.69 Å². The summed E-state index contributed by atoms with van der Waals surface area (Å²) < 4.78 is 5.20. The Hall–Kier alpha value is -2.89. The van der Waals surface area contributed by atoms with Crippen molar-refractivity contribution in [1.29, 1.82) is 0 Å². The summed E-state index contributed by atoms with van der Waals surface area (Å²) in [5, 5.41) is 5.52. The molecule has 0 radical (unpaired) electrons. The molecular weight excluding hydrogens is 306 g/mol. The number of methoxy groups -OCH3 is 1. The zero-order valence-corrected chi connectivity index (χ0v) is 13.8. The van der Waals surface area contributed by atoms with Gasteiger partial charge in [-0.2, -0.15) is 0 Å².